The number of aryl methyl sites for hydroxylation is 1. The van der Waals surface area contributed by atoms with Crippen molar-refractivity contribution in [2.75, 3.05) is 6.61 Å². The van der Waals surface area contributed by atoms with Gasteiger partial charge in [0.15, 0.2) is 5.82 Å². The molecule has 1 fully saturated rings. The van der Waals surface area contributed by atoms with Crippen LogP contribution in [0.5, 0.6) is 0 Å². The van der Waals surface area contributed by atoms with Gasteiger partial charge in [-0.05, 0) is 36.6 Å². The van der Waals surface area contributed by atoms with Gasteiger partial charge in [0.05, 0.1) is 12.7 Å². The Morgan fingerprint density at radius 2 is 1.94 bits per heavy atom. The Bertz CT molecular complexity index is 1370. The molecule has 0 N–H and O–H groups in total. The number of nitrogens with zero attached hydrogens (tertiary/aromatic N) is 4. The summed E-state index contributed by atoms with van der Waals surface area (Å²) in [4.78, 5) is 29.4. The molecule has 0 spiro atoms. The molecular weight excluding hydrogens is 420 g/mol. The molecule has 2 atom stereocenters. The zero-order valence-corrected chi connectivity index (χ0v) is 17.5. The van der Waals surface area contributed by atoms with Crippen molar-refractivity contribution in [1.82, 2.24) is 19.1 Å². The average Bonchev–Trinajstić information content (AvgIpc) is 3.43. The van der Waals surface area contributed by atoms with E-state index in [0.29, 0.717) is 28.9 Å². The van der Waals surface area contributed by atoms with Crippen LogP contribution >= 0.6 is 11.6 Å². The van der Waals surface area contributed by atoms with Crippen LogP contribution in [0, 0.1) is 6.92 Å². The van der Waals surface area contributed by atoms with Gasteiger partial charge in [0, 0.05) is 29.4 Å². The number of halogens is 1. The SMILES string of the molecule is Cc1ccc(=O)n2ccn(Cc3nc([C@@H]4CO[C@@H](c5ccc(Cl)cc5)C4)no3)c(=O)c12. The average molecular weight is 439 g/mol. The Kier molecular flexibility index (Phi) is 4.95. The van der Waals surface area contributed by atoms with E-state index in [1.165, 1.54) is 15.0 Å². The number of benzene rings is 1. The summed E-state index contributed by atoms with van der Waals surface area (Å²) in [5.41, 5.74) is 1.58. The third-order valence-electron chi connectivity index (χ3n) is 5.58. The van der Waals surface area contributed by atoms with Gasteiger partial charge in [0.1, 0.15) is 12.1 Å². The summed E-state index contributed by atoms with van der Waals surface area (Å²) in [5, 5.41) is 4.79. The molecule has 0 radical (unpaired) electrons. The van der Waals surface area contributed by atoms with Gasteiger partial charge in [-0.25, -0.2) is 0 Å². The van der Waals surface area contributed by atoms with E-state index in [9.17, 15) is 9.59 Å². The van der Waals surface area contributed by atoms with E-state index in [-0.39, 0.29) is 29.7 Å². The number of hydrogen-bond acceptors (Lipinski definition) is 6. The van der Waals surface area contributed by atoms with Crippen molar-refractivity contribution >= 4 is 17.1 Å². The Hall–Kier alpha value is -3.23. The van der Waals surface area contributed by atoms with Crippen molar-refractivity contribution in [2.24, 2.45) is 0 Å². The van der Waals surface area contributed by atoms with Crippen LogP contribution in [0.4, 0.5) is 0 Å². The lowest BCUT2D eigenvalue weighted by atomic mass is 10.0. The lowest BCUT2D eigenvalue weighted by Crippen LogP contribution is -2.27. The molecular formula is C22H19ClN4O4. The highest BCUT2D eigenvalue weighted by molar-refractivity contribution is 6.30. The molecule has 4 heterocycles. The van der Waals surface area contributed by atoms with Crippen LogP contribution in [0.25, 0.3) is 5.52 Å². The van der Waals surface area contributed by atoms with Crippen LogP contribution < -0.4 is 11.1 Å². The second kappa shape index (κ2) is 7.79. The van der Waals surface area contributed by atoms with Gasteiger partial charge in [-0.3, -0.25) is 14.0 Å². The fourth-order valence-corrected chi connectivity index (χ4v) is 4.04. The first-order valence-electron chi connectivity index (χ1n) is 9.90. The largest absolute Gasteiger partial charge is 0.373 e. The quantitative estimate of drug-likeness (QED) is 0.486. The summed E-state index contributed by atoms with van der Waals surface area (Å²) in [6.45, 7) is 2.41. The standard InChI is InChI=1S/C22H19ClN4O4/c1-13-2-7-19(28)27-9-8-26(22(29)20(13)27)11-18-24-21(25-31-18)15-10-17(30-12-15)14-3-5-16(23)6-4-14/h2-9,15,17H,10-12H2,1H3/t15-,17+/m0/s1. The summed E-state index contributed by atoms with van der Waals surface area (Å²) in [6.07, 6.45) is 3.81. The van der Waals surface area contributed by atoms with Gasteiger partial charge in [-0.2, -0.15) is 4.98 Å². The summed E-state index contributed by atoms with van der Waals surface area (Å²) in [5.74, 6) is 0.896. The molecule has 1 saturated heterocycles. The molecule has 3 aromatic heterocycles. The van der Waals surface area contributed by atoms with Crippen LogP contribution in [0.15, 0.2) is 62.9 Å². The third kappa shape index (κ3) is 3.68. The minimum absolute atomic E-state index is 0.00678. The van der Waals surface area contributed by atoms with Crippen molar-refractivity contribution < 1.29 is 9.26 Å². The Morgan fingerprint density at radius 1 is 1.13 bits per heavy atom. The van der Waals surface area contributed by atoms with Gasteiger partial charge in [0.25, 0.3) is 11.1 Å². The highest BCUT2D eigenvalue weighted by Gasteiger charge is 2.31. The first-order valence-corrected chi connectivity index (χ1v) is 10.3. The van der Waals surface area contributed by atoms with E-state index in [1.807, 2.05) is 24.3 Å². The first kappa shape index (κ1) is 19.7. The van der Waals surface area contributed by atoms with E-state index < -0.39 is 0 Å². The van der Waals surface area contributed by atoms with Crippen LogP contribution in [-0.4, -0.2) is 25.7 Å². The van der Waals surface area contributed by atoms with E-state index in [4.69, 9.17) is 20.9 Å². The molecule has 0 saturated carbocycles. The zero-order chi connectivity index (χ0) is 21.5. The van der Waals surface area contributed by atoms with Gasteiger partial charge in [-0.15, -0.1) is 0 Å². The van der Waals surface area contributed by atoms with Crippen molar-refractivity contribution in [3.8, 4) is 0 Å². The van der Waals surface area contributed by atoms with Crippen LogP contribution in [0.3, 0.4) is 0 Å². The van der Waals surface area contributed by atoms with Gasteiger partial charge >= 0.3 is 0 Å². The monoisotopic (exact) mass is 438 g/mol. The predicted octanol–water partition coefficient (Wildman–Crippen LogP) is 3.10. The number of hydrogen-bond donors (Lipinski definition) is 0. The van der Waals surface area contributed by atoms with Crippen LogP contribution in [0.2, 0.25) is 5.02 Å². The Labute approximate surface area is 181 Å². The Balaban J connectivity index is 1.35. The second-order valence-electron chi connectivity index (χ2n) is 7.66. The number of ether oxygens (including phenoxy) is 1. The van der Waals surface area contributed by atoms with Crippen molar-refractivity contribution in [2.45, 2.75) is 31.9 Å². The number of rotatable bonds is 4. The van der Waals surface area contributed by atoms with Crippen molar-refractivity contribution in [1.29, 1.82) is 0 Å². The summed E-state index contributed by atoms with van der Waals surface area (Å²) in [6, 6.07) is 10.7. The topological polar surface area (TPSA) is 91.6 Å². The molecule has 1 aliphatic heterocycles. The molecule has 158 valence electrons. The van der Waals surface area contributed by atoms with E-state index in [0.717, 1.165) is 17.5 Å². The summed E-state index contributed by atoms with van der Waals surface area (Å²) in [7, 11) is 0. The second-order valence-corrected chi connectivity index (χ2v) is 8.09. The van der Waals surface area contributed by atoms with E-state index in [2.05, 4.69) is 10.1 Å². The van der Waals surface area contributed by atoms with Crippen LogP contribution in [0.1, 0.15) is 41.3 Å². The lowest BCUT2D eigenvalue weighted by molar-refractivity contribution is 0.110. The fraction of sp³-hybridized carbons (Fsp3) is 0.273. The maximum Gasteiger partial charge on any atom is 0.275 e. The summed E-state index contributed by atoms with van der Waals surface area (Å²) >= 11 is 5.96. The molecule has 1 aromatic carbocycles. The van der Waals surface area contributed by atoms with Crippen molar-refractivity contribution in [3.63, 3.8) is 0 Å². The summed E-state index contributed by atoms with van der Waals surface area (Å²) < 4.78 is 14.1. The smallest absolute Gasteiger partial charge is 0.275 e. The molecule has 4 aromatic rings. The lowest BCUT2D eigenvalue weighted by Gasteiger charge is -2.09. The number of fused-ring (bicyclic) bond motifs is 1. The fourth-order valence-electron chi connectivity index (χ4n) is 3.91. The minimum Gasteiger partial charge on any atom is -0.373 e. The maximum absolute atomic E-state index is 12.9. The first-order chi connectivity index (χ1) is 15.0. The van der Waals surface area contributed by atoms with Crippen molar-refractivity contribution in [3.05, 3.63) is 97.4 Å². The van der Waals surface area contributed by atoms with Gasteiger partial charge < -0.3 is 13.8 Å². The molecule has 31 heavy (non-hydrogen) atoms. The number of aromatic nitrogens is 4. The van der Waals surface area contributed by atoms with E-state index in [1.54, 1.807) is 25.4 Å². The number of pyridine rings is 1. The van der Waals surface area contributed by atoms with Gasteiger partial charge in [0.2, 0.25) is 5.89 Å². The van der Waals surface area contributed by atoms with Gasteiger partial charge in [-0.1, -0.05) is 35.0 Å². The molecule has 0 amide bonds. The predicted molar refractivity (Wildman–Crippen MR) is 114 cm³/mol. The Morgan fingerprint density at radius 3 is 2.74 bits per heavy atom. The molecule has 0 unspecified atom stereocenters. The zero-order valence-electron chi connectivity index (χ0n) is 16.7. The molecule has 0 bridgehead atoms. The minimum atomic E-state index is -0.288. The molecule has 9 heteroatoms. The molecule has 0 aliphatic carbocycles. The molecule has 5 rings (SSSR count). The molecule has 8 nitrogen and oxygen atoms in total. The maximum atomic E-state index is 12.9. The van der Waals surface area contributed by atoms with E-state index >= 15 is 0 Å². The highest BCUT2D eigenvalue weighted by atomic mass is 35.5. The molecule has 1 aliphatic rings. The van der Waals surface area contributed by atoms with Crippen LogP contribution in [-0.2, 0) is 11.3 Å². The highest BCUT2D eigenvalue weighted by Crippen LogP contribution is 2.37. The third-order valence-corrected chi connectivity index (χ3v) is 5.83. The normalized spacial score (nSPS) is 18.6.